The van der Waals surface area contributed by atoms with E-state index in [1.54, 1.807) is 18.2 Å². The van der Waals surface area contributed by atoms with Crippen LogP contribution in [0.15, 0.2) is 109 Å². The molecule has 9 aliphatic rings. The van der Waals surface area contributed by atoms with Gasteiger partial charge < -0.3 is 65.2 Å². The maximum absolute atomic E-state index is 12.7. The van der Waals surface area contributed by atoms with Gasteiger partial charge in [-0.15, -0.1) is 0 Å². The number of fused-ring (bicyclic) bond motifs is 3. The predicted octanol–water partition coefficient (Wildman–Crippen LogP) is 16.0. The topological polar surface area (TPSA) is 254 Å². The van der Waals surface area contributed by atoms with E-state index < -0.39 is 21.4 Å². The van der Waals surface area contributed by atoms with Gasteiger partial charge in [0.25, 0.3) is 5.69 Å². The first-order chi connectivity index (χ1) is 50.6. The van der Waals surface area contributed by atoms with Crippen LogP contribution in [0.4, 0.5) is 87.9 Å². The van der Waals surface area contributed by atoms with E-state index in [1.807, 2.05) is 36.4 Å². The Labute approximate surface area is 611 Å². The molecule has 6 atom stereocenters. The van der Waals surface area contributed by atoms with Gasteiger partial charge in [-0.25, -0.2) is 33.5 Å². The van der Waals surface area contributed by atoms with Crippen LogP contribution in [-0.2, 0) is 47.7 Å². The van der Waals surface area contributed by atoms with Crippen molar-refractivity contribution in [2.24, 2.45) is 5.73 Å². The molecule has 15 rings (SSSR count). The number of nitrogen functional groups attached to an aromatic ring is 1. The van der Waals surface area contributed by atoms with Crippen molar-refractivity contribution >= 4 is 91.8 Å². The molecule has 25 nitrogen and oxygen atoms in total. The number of nitro groups is 2. The molecule has 6 aromatic carbocycles. The van der Waals surface area contributed by atoms with Gasteiger partial charge in [-0.1, -0.05) is 42.5 Å². The summed E-state index contributed by atoms with van der Waals surface area (Å²) < 4.78 is 54.7. The number of aryl methyl sites for hydroxylation is 3. The lowest BCUT2D eigenvalue weighted by Crippen LogP contribution is -2.39. The summed E-state index contributed by atoms with van der Waals surface area (Å²) in [5.74, 6) is -0.978. The zero-order valence-electron chi connectivity index (χ0n) is 58.3. The minimum atomic E-state index is -0.978. The number of nitro benzene ring substituents is 2. The molecule has 9 heterocycles. The van der Waals surface area contributed by atoms with Gasteiger partial charge in [0, 0.05) is 119 Å². The second-order valence-electron chi connectivity index (χ2n) is 25.4. The summed E-state index contributed by atoms with van der Waals surface area (Å²) in [4.78, 5) is 47.2. The second kappa shape index (κ2) is 41.8. The van der Waals surface area contributed by atoms with Crippen molar-refractivity contribution in [3.05, 3.63) is 220 Å². The van der Waals surface area contributed by atoms with Crippen molar-refractivity contribution in [3.8, 4) is 0 Å². The molecule has 0 aromatic heterocycles. The third-order valence-corrected chi connectivity index (χ3v) is 18.4. The van der Waals surface area contributed by atoms with Crippen LogP contribution in [0.1, 0.15) is 74.5 Å². The van der Waals surface area contributed by atoms with Crippen LogP contribution in [-0.4, -0.2) is 151 Å². The third kappa shape index (κ3) is 23.4. The zero-order valence-corrected chi connectivity index (χ0v) is 59.1. The van der Waals surface area contributed by atoms with Crippen LogP contribution in [0.3, 0.4) is 0 Å². The highest BCUT2D eigenvalue weighted by Gasteiger charge is 2.31. The van der Waals surface area contributed by atoms with Crippen LogP contribution in [0.5, 0.6) is 0 Å². The lowest BCUT2D eigenvalue weighted by atomic mass is 9.99. The first-order valence-corrected chi connectivity index (χ1v) is 35.7. The SMILES string of the molecule is CSF.NC1CCOC1.[C-]#[N+]c1ccc(N)c(NC2CCOC2)c1.[C-]#[N+]c1ccc([N+](=O)[O-])c(F)c1.[C-]#[N+]c1ccc([N+](=O)[O-])c(NC2CCOC2)c1.[C-]#[N+]c1ccc2c(c1)N(C1CCOC1)CCC2.[C-]#[N+]c1ccc2c(c1)N([C@@H]1CCOC1)CCC2.[C-]#[N+]c1ccc2c(c1)N([C@H]1CCOC1)CCC2. The molecule has 4 unspecified atom stereocenters. The number of anilines is 6. The van der Waals surface area contributed by atoms with Gasteiger partial charge in [0.2, 0.25) is 0 Å². The summed E-state index contributed by atoms with van der Waals surface area (Å²) >= 11 is 0.250. The highest BCUT2D eigenvalue weighted by molar-refractivity contribution is 7.93. The Morgan fingerprint density at radius 1 is 0.462 bits per heavy atom. The Morgan fingerprint density at radius 2 is 0.788 bits per heavy atom. The van der Waals surface area contributed by atoms with Gasteiger partial charge in [0.05, 0.1) is 125 Å². The Bertz CT molecular complexity index is 3870. The summed E-state index contributed by atoms with van der Waals surface area (Å²) in [7, 11) is 0. The standard InChI is InChI=1S/3C14H16N2O.C11H11N3O3.C11H13N3O.C7H3FN2O2.C4H9NO.CH3FS/c3*1-15-12-5-4-11-3-2-7-16(14(11)9-12)13-6-8-17-10-13;1-12-8-2-3-11(14(15)16)10(6-8)13-9-4-5-17-7-9;1-13-8-2-3-10(12)11(6-8)14-9-4-5-15-7-9;1-9-5-2-3-7(10(11)12)6(8)4-5;5-4-1-2-6-3-4;1-3-2/h3*4-5,9,13H,2-3,6-8,10H2;2-3,6,9,13H,4-5,7H2;2-3,6,9,14H,4-5,7,12H2;2-4H;4H,1-3,5H2;1H3/t2*13-;;;;;;/m10....../s1. The van der Waals surface area contributed by atoms with E-state index in [0.29, 0.717) is 72.8 Å². The van der Waals surface area contributed by atoms with Crippen LogP contribution >= 0.6 is 12.1 Å². The molecule has 0 amide bonds. The van der Waals surface area contributed by atoms with Crippen molar-refractivity contribution in [1.29, 1.82) is 0 Å². The number of benzene rings is 6. The van der Waals surface area contributed by atoms with Gasteiger partial charge >= 0.3 is 5.69 Å². The van der Waals surface area contributed by atoms with Crippen molar-refractivity contribution in [1.82, 2.24) is 0 Å². The predicted molar refractivity (Wildman–Crippen MR) is 402 cm³/mol. The molecule has 546 valence electrons. The van der Waals surface area contributed by atoms with Crippen molar-refractivity contribution in [3.63, 3.8) is 0 Å². The Balaban J connectivity index is 0.000000155. The molecule has 0 bridgehead atoms. The van der Waals surface area contributed by atoms with Crippen LogP contribution in [0.2, 0.25) is 0 Å². The zero-order chi connectivity index (χ0) is 74.2. The summed E-state index contributed by atoms with van der Waals surface area (Å²) in [6, 6.07) is 33.1. The second-order valence-corrected chi connectivity index (χ2v) is 25.7. The van der Waals surface area contributed by atoms with Gasteiger partial charge in [-0.2, -0.15) is 3.89 Å². The first-order valence-electron chi connectivity index (χ1n) is 34.6. The van der Waals surface area contributed by atoms with E-state index in [1.165, 1.54) is 83.5 Å². The molecular weight excluding hydrogens is 1350 g/mol. The molecule has 9 aliphatic heterocycles. The molecule has 28 heteroatoms. The van der Waals surface area contributed by atoms with E-state index in [4.69, 9.17) is 79.3 Å². The molecule has 0 aliphatic carbocycles. The lowest BCUT2D eigenvalue weighted by Gasteiger charge is -2.35. The maximum Gasteiger partial charge on any atom is 0.302 e. The number of nitrogens with zero attached hydrogens (tertiary/aromatic N) is 11. The summed E-state index contributed by atoms with van der Waals surface area (Å²) in [6.07, 6.45) is 14.6. The summed E-state index contributed by atoms with van der Waals surface area (Å²) in [5, 5.41) is 27.3. The summed E-state index contributed by atoms with van der Waals surface area (Å²) in [6.45, 7) is 54.4. The lowest BCUT2D eigenvalue weighted by molar-refractivity contribution is -0.387. The molecule has 0 spiro atoms. The fraction of sp³-hybridized carbons (Fsp3) is 0.447. The molecule has 0 saturated carbocycles. The Kier molecular flexibility index (Phi) is 31.9. The first kappa shape index (κ1) is 79.5. The monoisotopic (exact) mass is 1440 g/mol. The van der Waals surface area contributed by atoms with E-state index >= 15 is 0 Å². The molecule has 6 N–H and O–H groups in total. The quantitative estimate of drug-likeness (QED) is 0.0454. The maximum atomic E-state index is 12.7. The van der Waals surface area contributed by atoms with Gasteiger partial charge in [0.1, 0.15) is 5.69 Å². The normalized spacial score (nSPS) is 20.5. The number of halogens is 2. The van der Waals surface area contributed by atoms with Crippen LogP contribution < -0.4 is 36.8 Å². The molecule has 0 radical (unpaired) electrons. The van der Waals surface area contributed by atoms with Gasteiger partial charge in [-0.05, 0) is 148 Å². The molecule has 6 aromatic rings. The third-order valence-electron chi connectivity index (χ3n) is 18.4. The highest BCUT2D eigenvalue weighted by atomic mass is 32.2. The Hall–Kier alpha value is -10.2. The average molecular weight is 1440 g/mol. The number of nitrogens with two attached hydrogens (primary N) is 2. The largest absolute Gasteiger partial charge is 0.397 e. The Morgan fingerprint density at radius 3 is 1.12 bits per heavy atom. The van der Waals surface area contributed by atoms with Gasteiger partial charge in [-0.3, -0.25) is 20.2 Å². The number of nitrogens with one attached hydrogen (secondary N) is 2. The fourth-order valence-electron chi connectivity index (χ4n) is 13.0. The number of ether oxygens (including phenoxy) is 6. The van der Waals surface area contributed by atoms with Crippen LogP contribution in [0, 0.1) is 65.5 Å². The molecular formula is C76H87F2N15O10S. The van der Waals surface area contributed by atoms with E-state index in [2.05, 4.69) is 72.6 Å². The van der Waals surface area contributed by atoms with Crippen LogP contribution in [0.25, 0.3) is 29.1 Å². The van der Waals surface area contributed by atoms with E-state index in [0.717, 1.165) is 172 Å². The minimum absolute atomic E-state index is 0.00991. The van der Waals surface area contributed by atoms with E-state index in [-0.39, 0.29) is 29.6 Å². The number of hydrogen-bond donors (Lipinski definition) is 4. The van der Waals surface area contributed by atoms with Crippen molar-refractivity contribution in [2.45, 2.75) is 113 Å². The smallest absolute Gasteiger partial charge is 0.302 e. The minimum Gasteiger partial charge on any atom is -0.397 e. The summed E-state index contributed by atoms with van der Waals surface area (Å²) in [5.41, 5.74) is 23.7. The number of hydrogen-bond acceptors (Lipinski definition) is 18. The molecule has 6 fully saturated rings. The van der Waals surface area contributed by atoms with Crippen molar-refractivity contribution < 1.29 is 46.5 Å². The molecule has 104 heavy (non-hydrogen) atoms. The number of rotatable bonds is 9. The highest BCUT2D eigenvalue weighted by Crippen LogP contribution is 2.38. The molecule has 6 saturated heterocycles. The average Bonchev–Trinajstić information content (AvgIpc) is 1.54. The van der Waals surface area contributed by atoms with E-state index in [9.17, 15) is 28.5 Å². The fourth-order valence-corrected chi connectivity index (χ4v) is 13.0. The van der Waals surface area contributed by atoms with Gasteiger partial charge in [0.15, 0.2) is 39.9 Å². The van der Waals surface area contributed by atoms with Crippen molar-refractivity contribution in [2.75, 3.05) is 136 Å².